The summed E-state index contributed by atoms with van der Waals surface area (Å²) in [7, 11) is 0. The number of carbonyl (C=O) groups excluding carboxylic acids is 1. The van der Waals surface area contributed by atoms with E-state index in [2.05, 4.69) is 31.2 Å². The third-order valence-electron chi connectivity index (χ3n) is 4.91. The molecule has 25 heavy (non-hydrogen) atoms. The number of fused-ring (bicyclic) bond motifs is 1. The number of hydrogen-bond acceptors (Lipinski definition) is 6. The van der Waals surface area contributed by atoms with Gasteiger partial charge in [0.05, 0.1) is 18.2 Å². The van der Waals surface area contributed by atoms with Crippen molar-refractivity contribution in [2.24, 2.45) is 5.92 Å². The summed E-state index contributed by atoms with van der Waals surface area (Å²) in [5.74, 6) is 0.337. The first kappa shape index (κ1) is 16.1. The number of aromatic nitrogens is 3. The fourth-order valence-electron chi connectivity index (χ4n) is 3.74. The monoisotopic (exact) mass is 339 g/mol. The smallest absolute Gasteiger partial charge is 0.230 e. The van der Waals surface area contributed by atoms with E-state index in [1.165, 1.54) is 0 Å². The molecule has 2 aromatic heterocycles. The van der Waals surface area contributed by atoms with Gasteiger partial charge < -0.3 is 10.1 Å². The highest BCUT2D eigenvalue weighted by atomic mass is 16.5. The second-order valence-electron chi connectivity index (χ2n) is 6.57. The lowest BCUT2D eigenvalue weighted by Crippen LogP contribution is -2.51. The zero-order valence-corrected chi connectivity index (χ0v) is 13.9. The number of anilines is 1. The van der Waals surface area contributed by atoms with Crippen LogP contribution in [0.15, 0.2) is 43.1 Å². The standard InChI is InChI=1S/C18H21N5O2/c24-18(22-17-10-20-5-6-21-17)14-8-16-15(3-7-25-16)23(12-14)11-13-2-1-4-19-9-13/h1-2,4-6,9-10,14-16H,3,7-8,11-12H2,(H,21,22,24)/t14-,15+,16+/m1/s1. The fourth-order valence-corrected chi connectivity index (χ4v) is 3.74. The number of piperidine rings is 1. The average molecular weight is 339 g/mol. The summed E-state index contributed by atoms with van der Waals surface area (Å²) in [4.78, 5) is 27.3. The van der Waals surface area contributed by atoms with Crippen molar-refractivity contribution >= 4 is 11.7 Å². The van der Waals surface area contributed by atoms with E-state index in [0.717, 1.165) is 31.6 Å². The number of ether oxygens (including phenoxy) is 1. The van der Waals surface area contributed by atoms with Gasteiger partial charge in [0.2, 0.25) is 5.91 Å². The van der Waals surface area contributed by atoms with Crippen LogP contribution in [0.2, 0.25) is 0 Å². The molecule has 7 heteroatoms. The lowest BCUT2D eigenvalue weighted by atomic mass is 9.89. The molecule has 0 aromatic carbocycles. The first-order valence-electron chi connectivity index (χ1n) is 8.61. The Kier molecular flexibility index (Phi) is 4.67. The van der Waals surface area contributed by atoms with E-state index < -0.39 is 0 Å². The molecule has 2 aliphatic rings. The normalized spacial score (nSPS) is 26.2. The van der Waals surface area contributed by atoms with Crippen molar-refractivity contribution in [1.82, 2.24) is 19.9 Å². The summed E-state index contributed by atoms with van der Waals surface area (Å²) >= 11 is 0. The van der Waals surface area contributed by atoms with Gasteiger partial charge >= 0.3 is 0 Å². The number of pyridine rings is 1. The zero-order chi connectivity index (χ0) is 17.1. The SMILES string of the molecule is O=C(Nc1cnccn1)[C@@H]1C[C@@H]2OCC[C@@H]2N(Cc2cccnc2)C1. The molecule has 7 nitrogen and oxygen atoms in total. The highest BCUT2D eigenvalue weighted by Crippen LogP contribution is 2.32. The van der Waals surface area contributed by atoms with Gasteiger partial charge in [0.15, 0.2) is 5.82 Å². The first-order valence-corrected chi connectivity index (χ1v) is 8.61. The predicted molar refractivity (Wildman–Crippen MR) is 91.6 cm³/mol. The van der Waals surface area contributed by atoms with Crippen molar-refractivity contribution in [3.8, 4) is 0 Å². The van der Waals surface area contributed by atoms with Crippen LogP contribution in [0.3, 0.4) is 0 Å². The van der Waals surface area contributed by atoms with E-state index in [0.29, 0.717) is 18.4 Å². The van der Waals surface area contributed by atoms with E-state index in [-0.39, 0.29) is 17.9 Å². The van der Waals surface area contributed by atoms with E-state index in [1.54, 1.807) is 24.8 Å². The van der Waals surface area contributed by atoms with Crippen LogP contribution in [0.4, 0.5) is 5.82 Å². The molecule has 4 heterocycles. The topological polar surface area (TPSA) is 80.2 Å². The molecule has 4 rings (SSSR count). The van der Waals surface area contributed by atoms with Crippen molar-refractivity contribution < 1.29 is 9.53 Å². The Labute approximate surface area is 146 Å². The predicted octanol–water partition coefficient (Wildman–Crippen LogP) is 1.49. The molecular weight excluding hydrogens is 318 g/mol. The number of amides is 1. The summed E-state index contributed by atoms with van der Waals surface area (Å²) in [6.45, 7) is 2.26. The quantitative estimate of drug-likeness (QED) is 0.909. The molecule has 2 aromatic rings. The maximum atomic E-state index is 12.7. The van der Waals surface area contributed by atoms with Crippen molar-refractivity contribution in [3.63, 3.8) is 0 Å². The van der Waals surface area contributed by atoms with Gasteiger partial charge in [-0.25, -0.2) is 4.98 Å². The van der Waals surface area contributed by atoms with Gasteiger partial charge in [-0.15, -0.1) is 0 Å². The van der Waals surface area contributed by atoms with Gasteiger partial charge in [-0.3, -0.25) is 19.7 Å². The summed E-state index contributed by atoms with van der Waals surface area (Å²) in [6, 6.07) is 4.39. The number of likely N-dealkylation sites (tertiary alicyclic amines) is 1. The number of hydrogen-bond donors (Lipinski definition) is 1. The summed E-state index contributed by atoms with van der Waals surface area (Å²) in [5.41, 5.74) is 1.16. The second kappa shape index (κ2) is 7.25. The Hall–Kier alpha value is -2.38. The van der Waals surface area contributed by atoms with Crippen LogP contribution in [0.5, 0.6) is 0 Å². The molecule has 130 valence electrons. The molecule has 0 saturated carbocycles. The summed E-state index contributed by atoms with van der Waals surface area (Å²) in [5, 5.41) is 2.87. The number of nitrogens with zero attached hydrogens (tertiary/aromatic N) is 4. The van der Waals surface area contributed by atoms with Gasteiger partial charge in [0.25, 0.3) is 0 Å². The summed E-state index contributed by atoms with van der Waals surface area (Å²) < 4.78 is 5.89. The Balaban J connectivity index is 1.47. The molecule has 1 amide bonds. The van der Waals surface area contributed by atoms with E-state index in [1.807, 2.05) is 12.3 Å². The van der Waals surface area contributed by atoms with Crippen LogP contribution in [0, 0.1) is 5.92 Å². The first-order chi connectivity index (χ1) is 12.3. The minimum Gasteiger partial charge on any atom is -0.377 e. The van der Waals surface area contributed by atoms with Crippen molar-refractivity contribution in [2.75, 3.05) is 18.5 Å². The molecule has 2 saturated heterocycles. The van der Waals surface area contributed by atoms with Crippen LogP contribution in [-0.2, 0) is 16.1 Å². The second-order valence-corrected chi connectivity index (χ2v) is 6.57. The Morgan fingerprint density at radius 3 is 3.00 bits per heavy atom. The van der Waals surface area contributed by atoms with Crippen LogP contribution in [0.1, 0.15) is 18.4 Å². The molecule has 0 radical (unpaired) electrons. The molecule has 1 N–H and O–H groups in total. The largest absolute Gasteiger partial charge is 0.377 e. The Morgan fingerprint density at radius 2 is 2.20 bits per heavy atom. The zero-order valence-electron chi connectivity index (χ0n) is 13.9. The van der Waals surface area contributed by atoms with Gasteiger partial charge in [-0.2, -0.15) is 0 Å². The Bertz CT molecular complexity index is 712. The molecule has 0 unspecified atom stereocenters. The Morgan fingerprint density at radius 1 is 1.28 bits per heavy atom. The van der Waals surface area contributed by atoms with Crippen molar-refractivity contribution in [1.29, 1.82) is 0 Å². The van der Waals surface area contributed by atoms with Crippen LogP contribution in [0.25, 0.3) is 0 Å². The maximum Gasteiger partial charge on any atom is 0.230 e. The molecule has 0 aliphatic carbocycles. The van der Waals surface area contributed by atoms with Gasteiger partial charge in [-0.1, -0.05) is 6.07 Å². The van der Waals surface area contributed by atoms with Crippen molar-refractivity contribution in [2.45, 2.75) is 31.5 Å². The maximum absolute atomic E-state index is 12.7. The molecule has 0 spiro atoms. The molecule has 0 bridgehead atoms. The van der Waals surface area contributed by atoms with Gasteiger partial charge in [0, 0.05) is 50.5 Å². The molecule has 2 aliphatic heterocycles. The van der Waals surface area contributed by atoms with Gasteiger partial charge in [0.1, 0.15) is 0 Å². The fraction of sp³-hybridized carbons (Fsp3) is 0.444. The van der Waals surface area contributed by atoms with Crippen LogP contribution < -0.4 is 5.32 Å². The van der Waals surface area contributed by atoms with Crippen LogP contribution >= 0.6 is 0 Å². The number of nitrogens with one attached hydrogen (secondary N) is 1. The number of carbonyl (C=O) groups is 1. The highest BCUT2D eigenvalue weighted by molar-refractivity contribution is 5.91. The molecule has 3 atom stereocenters. The van der Waals surface area contributed by atoms with E-state index in [4.69, 9.17) is 4.74 Å². The van der Waals surface area contributed by atoms with E-state index >= 15 is 0 Å². The summed E-state index contributed by atoms with van der Waals surface area (Å²) in [6.07, 6.45) is 10.3. The lowest BCUT2D eigenvalue weighted by Gasteiger charge is -2.40. The third-order valence-corrected chi connectivity index (χ3v) is 4.91. The van der Waals surface area contributed by atoms with E-state index in [9.17, 15) is 4.79 Å². The van der Waals surface area contributed by atoms with Gasteiger partial charge in [-0.05, 0) is 24.5 Å². The minimum absolute atomic E-state index is 0.0226. The van der Waals surface area contributed by atoms with Crippen molar-refractivity contribution in [3.05, 3.63) is 48.7 Å². The lowest BCUT2D eigenvalue weighted by molar-refractivity contribution is -0.124. The number of rotatable bonds is 4. The third kappa shape index (κ3) is 3.67. The van der Waals surface area contributed by atoms with Crippen LogP contribution in [-0.4, -0.2) is 51.1 Å². The molecule has 2 fully saturated rings. The highest BCUT2D eigenvalue weighted by Gasteiger charge is 2.42. The molecular formula is C18H21N5O2. The average Bonchev–Trinajstić information content (AvgIpc) is 3.12. The minimum atomic E-state index is -0.127.